The van der Waals surface area contributed by atoms with Gasteiger partial charge in [0.15, 0.2) is 0 Å². The Morgan fingerprint density at radius 3 is 2.45 bits per heavy atom. The van der Waals surface area contributed by atoms with E-state index in [9.17, 15) is 14.9 Å². The minimum absolute atomic E-state index is 0.00118. The standard InChI is InChI=1S/C23H18N4O4/c24-22-15(12-16(13-26-22)27(29)30)6-5-11-25-23(28)31-14-21-19-9-3-1-7-17(19)18-8-2-4-10-20(18)21/h1-4,7-10,12-13,21H,11,14H2,(H2,24,26)(H,25,28). The number of pyridine rings is 1. The van der Waals surface area contributed by atoms with E-state index in [-0.39, 0.29) is 36.1 Å². The van der Waals surface area contributed by atoms with Gasteiger partial charge in [-0.25, -0.2) is 9.78 Å². The number of aromatic nitrogens is 1. The highest BCUT2D eigenvalue weighted by Gasteiger charge is 2.28. The number of amides is 1. The number of rotatable bonds is 4. The predicted octanol–water partition coefficient (Wildman–Crippen LogP) is 3.46. The fourth-order valence-corrected chi connectivity index (χ4v) is 3.57. The lowest BCUT2D eigenvalue weighted by molar-refractivity contribution is -0.385. The van der Waals surface area contributed by atoms with Crippen LogP contribution in [0.2, 0.25) is 0 Å². The number of hydrogen-bond acceptors (Lipinski definition) is 6. The fourth-order valence-electron chi connectivity index (χ4n) is 3.57. The van der Waals surface area contributed by atoms with Gasteiger partial charge in [0.25, 0.3) is 5.69 Å². The average Bonchev–Trinajstić information content (AvgIpc) is 3.10. The van der Waals surface area contributed by atoms with Gasteiger partial charge in [-0.15, -0.1) is 0 Å². The van der Waals surface area contributed by atoms with Gasteiger partial charge in [0.1, 0.15) is 18.6 Å². The van der Waals surface area contributed by atoms with Gasteiger partial charge in [-0.05, 0) is 22.3 Å². The summed E-state index contributed by atoms with van der Waals surface area (Å²) in [6.45, 7) is 0.202. The molecule has 0 saturated carbocycles. The molecule has 4 rings (SSSR count). The van der Waals surface area contributed by atoms with E-state index in [0.717, 1.165) is 28.5 Å². The van der Waals surface area contributed by atoms with Crippen LogP contribution < -0.4 is 11.1 Å². The zero-order valence-electron chi connectivity index (χ0n) is 16.4. The molecule has 0 aliphatic heterocycles. The van der Waals surface area contributed by atoms with E-state index < -0.39 is 11.0 Å². The lowest BCUT2D eigenvalue weighted by atomic mass is 9.98. The third-order valence-corrected chi connectivity index (χ3v) is 5.00. The van der Waals surface area contributed by atoms with Crippen molar-refractivity contribution in [2.45, 2.75) is 5.92 Å². The maximum absolute atomic E-state index is 12.1. The molecule has 1 aromatic heterocycles. The van der Waals surface area contributed by atoms with Crippen LogP contribution in [0.25, 0.3) is 11.1 Å². The molecule has 0 fully saturated rings. The molecule has 0 saturated heterocycles. The van der Waals surface area contributed by atoms with Crippen LogP contribution in [0.15, 0.2) is 60.8 Å². The second-order valence-corrected chi connectivity index (χ2v) is 6.86. The average molecular weight is 414 g/mol. The molecule has 0 radical (unpaired) electrons. The number of alkyl carbamates (subject to hydrolysis) is 1. The Balaban J connectivity index is 1.36. The number of anilines is 1. The van der Waals surface area contributed by atoms with Crippen molar-refractivity contribution in [3.05, 3.63) is 87.6 Å². The van der Waals surface area contributed by atoms with Crippen LogP contribution in [0.5, 0.6) is 0 Å². The molecule has 0 atom stereocenters. The summed E-state index contributed by atoms with van der Waals surface area (Å²) < 4.78 is 5.42. The number of nitrogens with two attached hydrogens (primary N) is 1. The first-order chi connectivity index (χ1) is 15.0. The molecule has 8 heteroatoms. The molecule has 0 unspecified atom stereocenters. The second kappa shape index (κ2) is 8.55. The van der Waals surface area contributed by atoms with E-state index >= 15 is 0 Å². The Kier molecular flexibility index (Phi) is 5.49. The molecule has 1 aliphatic carbocycles. The number of hydrogen-bond donors (Lipinski definition) is 2. The number of fused-ring (bicyclic) bond motifs is 3. The van der Waals surface area contributed by atoms with Crippen LogP contribution >= 0.6 is 0 Å². The van der Waals surface area contributed by atoms with Crippen molar-refractivity contribution in [3.63, 3.8) is 0 Å². The molecule has 8 nitrogen and oxygen atoms in total. The largest absolute Gasteiger partial charge is 0.449 e. The minimum Gasteiger partial charge on any atom is -0.449 e. The quantitative estimate of drug-likeness (QED) is 0.383. The molecule has 31 heavy (non-hydrogen) atoms. The Hall–Kier alpha value is -4.38. The van der Waals surface area contributed by atoms with Crippen LogP contribution in [0.1, 0.15) is 22.6 Å². The molecule has 1 amide bonds. The van der Waals surface area contributed by atoms with Gasteiger partial charge in [-0.2, -0.15) is 0 Å². The fraction of sp³-hybridized carbons (Fsp3) is 0.130. The van der Waals surface area contributed by atoms with E-state index in [1.807, 2.05) is 36.4 Å². The Morgan fingerprint density at radius 1 is 1.16 bits per heavy atom. The lowest BCUT2D eigenvalue weighted by Gasteiger charge is -2.14. The molecule has 3 aromatic rings. The molecule has 0 spiro atoms. The molecule has 0 bridgehead atoms. The summed E-state index contributed by atoms with van der Waals surface area (Å²) in [5, 5.41) is 13.4. The van der Waals surface area contributed by atoms with Crippen molar-refractivity contribution in [2.24, 2.45) is 0 Å². The van der Waals surface area contributed by atoms with Crippen molar-refractivity contribution in [3.8, 4) is 23.0 Å². The van der Waals surface area contributed by atoms with Crippen molar-refractivity contribution in [2.75, 3.05) is 18.9 Å². The van der Waals surface area contributed by atoms with E-state index in [1.54, 1.807) is 0 Å². The zero-order chi connectivity index (χ0) is 21.8. The highest BCUT2D eigenvalue weighted by Crippen LogP contribution is 2.44. The van der Waals surface area contributed by atoms with Crippen molar-refractivity contribution in [1.82, 2.24) is 10.3 Å². The van der Waals surface area contributed by atoms with Crippen LogP contribution in [-0.2, 0) is 4.74 Å². The molecule has 1 aliphatic rings. The highest BCUT2D eigenvalue weighted by atomic mass is 16.6. The van der Waals surface area contributed by atoms with Gasteiger partial charge in [0.2, 0.25) is 0 Å². The first kappa shape index (κ1) is 19.9. The number of carbonyl (C=O) groups excluding carboxylic acids is 1. The molecular formula is C23H18N4O4. The lowest BCUT2D eigenvalue weighted by Crippen LogP contribution is -2.26. The van der Waals surface area contributed by atoms with Crippen molar-refractivity contribution >= 4 is 17.6 Å². The summed E-state index contributed by atoms with van der Waals surface area (Å²) in [7, 11) is 0. The number of ether oxygens (including phenoxy) is 1. The predicted molar refractivity (Wildman–Crippen MR) is 115 cm³/mol. The first-order valence-electron chi connectivity index (χ1n) is 9.52. The van der Waals surface area contributed by atoms with Crippen molar-refractivity contribution < 1.29 is 14.5 Å². The van der Waals surface area contributed by atoms with Crippen LogP contribution in [0.3, 0.4) is 0 Å². The monoisotopic (exact) mass is 414 g/mol. The molecule has 2 aromatic carbocycles. The summed E-state index contributed by atoms with van der Waals surface area (Å²) in [6, 6.07) is 17.4. The summed E-state index contributed by atoms with van der Waals surface area (Å²) in [6.07, 6.45) is 0.469. The normalized spacial score (nSPS) is 11.6. The topological polar surface area (TPSA) is 120 Å². The van der Waals surface area contributed by atoms with E-state index in [2.05, 4.69) is 34.3 Å². The van der Waals surface area contributed by atoms with E-state index in [1.165, 1.54) is 6.07 Å². The number of nitrogens with one attached hydrogen (secondary N) is 1. The maximum Gasteiger partial charge on any atom is 0.407 e. The zero-order valence-corrected chi connectivity index (χ0v) is 16.4. The highest BCUT2D eigenvalue weighted by molar-refractivity contribution is 5.79. The van der Waals surface area contributed by atoms with Gasteiger partial charge < -0.3 is 15.8 Å². The summed E-state index contributed by atoms with van der Waals surface area (Å²) in [4.78, 5) is 26.1. The molecular weight excluding hydrogens is 396 g/mol. The third-order valence-electron chi connectivity index (χ3n) is 5.00. The smallest absolute Gasteiger partial charge is 0.407 e. The van der Waals surface area contributed by atoms with Gasteiger partial charge >= 0.3 is 6.09 Å². The SMILES string of the molecule is Nc1ncc([N+](=O)[O-])cc1C#CCNC(=O)OCC1c2ccccc2-c2ccccc21. The van der Waals surface area contributed by atoms with E-state index in [0.29, 0.717) is 0 Å². The summed E-state index contributed by atoms with van der Waals surface area (Å²) in [5.41, 5.74) is 10.3. The molecule has 1 heterocycles. The van der Waals surface area contributed by atoms with Crippen LogP contribution in [-0.4, -0.2) is 29.2 Å². The van der Waals surface area contributed by atoms with Gasteiger partial charge in [0, 0.05) is 12.0 Å². The number of nitrogens with zero attached hydrogens (tertiary/aromatic N) is 2. The summed E-state index contributed by atoms with van der Waals surface area (Å²) in [5.74, 6) is 5.42. The third kappa shape index (κ3) is 4.16. The summed E-state index contributed by atoms with van der Waals surface area (Å²) >= 11 is 0. The van der Waals surface area contributed by atoms with E-state index in [4.69, 9.17) is 10.5 Å². The number of benzene rings is 2. The number of nitro groups is 1. The van der Waals surface area contributed by atoms with Crippen molar-refractivity contribution in [1.29, 1.82) is 0 Å². The van der Waals surface area contributed by atoms with Crippen LogP contribution in [0.4, 0.5) is 16.3 Å². The Labute approximate surface area is 178 Å². The molecule has 3 N–H and O–H groups in total. The minimum atomic E-state index is -0.596. The Bertz CT molecular complexity index is 1180. The molecule has 154 valence electrons. The van der Waals surface area contributed by atoms with Gasteiger partial charge in [-0.1, -0.05) is 60.4 Å². The first-order valence-corrected chi connectivity index (χ1v) is 9.52. The maximum atomic E-state index is 12.1. The number of nitrogen functional groups attached to an aromatic ring is 1. The van der Waals surface area contributed by atoms with Gasteiger partial charge in [-0.3, -0.25) is 10.1 Å². The van der Waals surface area contributed by atoms with Gasteiger partial charge in [0.05, 0.1) is 17.0 Å². The Morgan fingerprint density at radius 2 is 1.81 bits per heavy atom. The number of carbonyl (C=O) groups is 1. The second-order valence-electron chi connectivity index (χ2n) is 6.86. The van der Waals surface area contributed by atoms with Crippen LogP contribution in [0, 0.1) is 22.0 Å².